The lowest BCUT2D eigenvalue weighted by Crippen LogP contribution is -2.34. The maximum Gasteiger partial charge on any atom is 0.271 e. The molecule has 0 saturated carbocycles. The van der Waals surface area contributed by atoms with E-state index in [9.17, 15) is 4.79 Å². The van der Waals surface area contributed by atoms with E-state index in [4.69, 9.17) is 0 Å². The molecule has 0 spiro atoms. The molecule has 21 heavy (non-hydrogen) atoms. The number of hydrogen-bond acceptors (Lipinski definition) is 3. The summed E-state index contributed by atoms with van der Waals surface area (Å²) >= 11 is 1.67. The molecule has 0 aliphatic carbocycles. The number of nitrogens with zero attached hydrogens (tertiary/aromatic N) is 2. The van der Waals surface area contributed by atoms with Crippen LogP contribution in [0.15, 0.2) is 41.4 Å². The van der Waals surface area contributed by atoms with Crippen LogP contribution in [0.5, 0.6) is 0 Å². The highest BCUT2D eigenvalue weighted by Gasteiger charge is 2.14. The number of fused-ring (bicyclic) bond motifs is 1. The third-order valence-corrected chi connectivity index (χ3v) is 4.06. The van der Waals surface area contributed by atoms with Gasteiger partial charge in [0, 0.05) is 18.4 Å². The number of carbonyl (C=O) groups is 1. The van der Waals surface area contributed by atoms with Gasteiger partial charge in [0.2, 0.25) is 0 Å². The van der Waals surface area contributed by atoms with Crippen molar-refractivity contribution < 1.29 is 4.79 Å². The topological polar surface area (TPSA) is 46.4 Å². The average Bonchev–Trinajstić information content (AvgIpc) is 3.06. The van der Waals surface area contributed by atoms with Crippen molar-refractivity contribution in [1.29, 1.82) is 0 Å². The highest BCUT2D eigenvalue weighted by atomic mass is 32.1. The fraction of sp³-hybridized carbons (Fsp3) is 0.250. The van der Waals surface area contributed by atoms with Crippen molar-refractivity contribution in [2.75, 3.05) is 0 Å². The Hall–Kier alpha value is -2.14. The Balaban J connectivity index is 1.71. The average molecular weight is 299 g/mol. The zero-order chi connectivity index (χ0) is 14.8. The second kappa shape index (κ2) is 5.69. The van der Waals surface area contributed by atoms with Gasteiger partial charge < -0.3 is 9.72 Å². The fourth-order valence-electron chi connectivity index (χ4n) is 2.32. The smallest absolute Gasteiger partial charge is 0.271 e. The fourth-order valence-corrected chi connectivity index (χ4v) is 3.01. The van der Waals surface area contributed by atoms with Crippen LogP contribution in [0.4, 0.5) is 0 Å². The van der Waals surface area contributed by atoms with E-state index in [-0.39, 0.29) is 11.9 Å². The summed E-state index contributed by atoms with van der Waals surface area (Å²) in [7, 11) is 0. The molecule has 1 N–H and O–H groups in total. The van der Waals surface area contributed by atoms with E-state index in [2.05, 4.69) is 21.7 Å². The lowest BCUT2D eigenvalue weighted by Gasteiger charge is -2.11. The van der Waals surface area contributed by atoms with Crippen molar-refractivity contribution in [3.8, 4) is 0 Å². The number of nitrogens with one attached hydrogen (secondary N) is 1. The van der Waals surface area contributed by atoms with Gasteiger partial charge in [0.25, 0.3) is 5.91 Å². The summed E-state index contributed by atoms with van der Waals surface area (Å²) < 4.78 is 1.88. The molecule has 1 atom stereocenters. The van der Waals surface area contributed by atoms with Crippen LogP contribution in [0, 0.1) is 6.92 Å². The standard InChI is InChI=1S/C16H17N3OS/c1-11-3-4-15-18-14(9-19(15)8-11)16(20)17-12(2)7-13-5-6-21-10-13/h3-6,8-10,12H,7H2,1-2H3,(H,17,20)/t12-/m0/s1. The third-order valence-electron chi connectivity index (χ3n) is 3.33. The monoisotopic (exact) mass is 299 g/mol. The summed E-state index contributed by atoms with van der Waals surface area (Å²) in [6.07, 6.45) is 4.57. The molecule has 0 fully saturated rings. The summed E-state index contributed by atoms with van der Waals surface area (Å²) in [5, 5.41) is 7.16. The molecule has 3 heterocycles. The maximum absolute atomic E-state index is 12.3. The Morgan fingerprint density at radius 1 is 1.38 bits per heavy atom. The normalized spacial score (nSPS) is 12.5. The summed E-state index contributed by atoms with van der Waals surface area (Å²) in [6, 6.07) is 6.07. The van der Waals surface area contributed by atoms with Gasteiger partial charge in [0.15, 0.2) is 0 Å². The summed E-state index contributed by atoms with van der Waals surface area (Å²) in [6.45, 7) is 4.03. The first-order chi connectivity index (χ1) is 10.1. The molecule has 4 nitrogen and oxygen atoms in total. The van der Waals surface area contributed by atoms with Gasteiger partial charge in [-0.3, -0.25) is 4.79 Å². The minimum Gasteiger partial charge on any atom is -0.348 e. The largest absolute Gasteiger partial charge is 0.348 e. The SMILES string of the molecule is Cc1ccc2nc(C(=O)N[C@@H](C)Cc3ccsc3)cn2c1. The number of pyridine rings is 1. The number of aromatic nitrogens is 2. The van der Waals surface area contributed by atoms with Gasteiger partial charge in [0.1, 0.15) is 11.3 Å². The van der Waals surface area contributed by atoms with Crippen LogP contribution < -0.4 is 5.32 Å². The van der Waals surface area contributed by atoms with E-state index in [0.717, 1.165) is 17.6 Å². The molecule has 3 rings (SSSR count). The van der Waals surface area contributed by atoms with Gasteiger partial charge in [-0.25, -0.2) is 4.98 Å². The molecule has 0 bridgehead atoms. The Morgan fingerprint density at radius 3 is 3.00 bits per heavy atom. The Labute approximate surface area is 127 Å². The molecule has 3 aromatic rings. The van der Waals surface area contributed by atoms with Gasteiger partial charge in [-0.15, -0.1) is 0 Å². The first-order valence-corrected chi connectivity index (χ1v) is 7.83. The molecule has 5 heteroatoms. The zero-order valence-corrected chi connectivity index (χ0v) is 12.9. The second-order valence-corrected chi connectivity index (χ2v) is 6.09. The molecule has 1 amide bonds. The quantitative estimate of drug-likeness (QED) is 0.805. The molecular formula is C16H17N3OS. The van der Waals surface area contributed by atoms with Crippen LogP contribution in [0.3, 0.4) is 0 Å². The number of hydrogen-bond donors (Lipinski definition) is 1. The number of aryl methyl sites for hydroxylation is 1. The van der Waals surface area contributed by atoms with Crippen LogP contribution in [0.25, 0.3) is 5.65 Å². The van der Waals surface area contributed by atoms with E-state index in [1.165, 1.54) is 5.56 Å². The van der Waals surface area contributed by atoms with Crippen molar-refractivity contribution in [3.05, 3.63) is 58.2 Å². The first-order valence-electron chi connectivity index (χ1n) is 6.89. The Kier molecular flexibility index (Phi) is 3.75. The van der Waals surface area contributed by atoms with E-state index >= 15 is 0 Å². The minimum absolute atomic E-state index is 0.0821. The molecule has 0 unspecified atom stereocenters. The molecule has 0 aliphatic rings. The highest BCUT2D eigenvalue weighted by Crippen LogP contribution is 2.10. The van der Waals surface area contributed by atoms with Gasteiger partial charge in [-0.1, -0.05) is 6.07 Å². The summed E-state index contributed by atoms with van der Waals surface area (Å²) in [4.78, 5) is 16.6. The van der Waals surface area contributed by atoms with Gasteiger partial charge in [-0.05, 0) is 54.3 Å². The molecule has 3 aromatic heterocycles. The molecular weight excluding hydrogens is 282 g/mol. The number of carbonyl (C=O) groups excluding carboxylic acids is 1. The van der Waals surface area contributed by atoms with Crippen molar-refractivity contribution in [2.24, 2.45) is 0 Å². The van der Waals surface area contributed by atoms with Crippen LogP contribution in [-0.4, -0.2) is 21.3 Å². The van der Waals surface area contributed by atoms with E-state index in [1.54, 1.807) is 17.5 Å². The predicted octanol–water partition coefficient (Wildman–Crippen LogP) is 3.07. The van der Waals surface area contributed by atoms with Gasteiger partial charge >= 0.3 is 0 Å². The lowest BCUT2D eigenvalue weighted by atomic mass is 10.1. The Bertz CT molecular complexity index is 761. The van der Waals surface area contributed by atoms with E-state index < -0.39 is 0 Å². The molecule has 0 aliphatic heterocycles. The summed E-state index contributed by atoms with van der Waals surface area (Å²) in [5.74, 6) is -0.126. The first kappa shape index (κ1) is 13.8. The number of amides is 1. The molecule has 0 radical (unpaired) electrons. The number of rotatable bonds is 4. The highest BCUT2D eigenvalue weighted by molar-refractivity contribution is 7.07. The van der Waals surface area contributed by atoms with E-state index in [1.807, 2.05) is 42.0 Å². The van der Waals surface area contributed by atoms with Crippen molar-refractivity contribution in [1.82, 2.24) is 14.7 Å². The van der Waals surface area contributed by atoms with Crippen molar-refractivity contribution in [2.45, 2.75) is 26.3 Å². The van der Waals surface area contributed by atoms with Gasteiger partial charge in [-0.2, -0.15) is 11.3 Å². The molecule has 0 aromatic carbocycles. The van der Waals surface area contributed by atoms with Crippen LogP contribution in [-0.2, 0) is 6.42 Å². The number of imidazole rings is 1. The zero-order valence-electron chi connectivity index (χ0n) is 12.0. The summed E-state index contributed by atoms with van der Waals surface area (Å²) in [5.41, 5.74) is 3.63. The van der Waals surface area contributed by atoms with Crippen molar-refractivity contribution in [3.63, 3.8) is 0 Å². The molecule has 108 valence electrons. The maximum atomic E-state index is 12.3. The molecule has 0 saturated heterocycles. The second-order valence-electron chi connectivity index (χ2n) is 5.31. The van der Waals surface area contributed by atoms with Crippen molar-refractivity contribution >= 4 is 22.9 Å². The van der Waals surface area contributed by atoms with Crippen LogP contribution in [0.2, 0.25) is 0 Å². The van der Waals surface area contributed by atoms with Crippen LogP contribution in [0.1, 0.15) is 28.5 Å². The van der Waals surface area contributed by atoms with Gasteiger partial charge in [0.05, 0.1) is 0 Å². The predicted molar refractivity (Wildman–Crippen MR) is 84.9 cm³/mol. The minimum atomic E-state index is -0.126. The van der Waals surface area contributed by atoms with Crippen LogP contribution >= 0.6 is 11.3 Å². The lowest BCUT2D eigenvalue weighted by molar-refractivity contribution is 0.0935. The Morgan fingerprint density at radius 2 is 2.24 bits per heavy atom. The third kappa shape index (κ3) is 3.13. The number of thiophene rings is 1. The van der Waals surface area contributed by atoms with E-state index in [0.29, 0.717) is 5.69 Å².